The van der Waals surface area contributed by atoms with E-state index in [1.54, 1.807) is 12.1 Å². The molecule has 0 fully saturated rings. The first-order valence-electron chi connectivity index (χ1n) is 6.52. The van der Waals surface area contributed by atoms with Gasteiger partial charge in [-0.1, -0.05) is 18.2 Å². The Bertz CT molecular complexity index is 626. The number of carbonyl (C=O) groups is 1. The molecule has 2 rings (SSSR count). The smallest absolute Gasteiger partial charge is 0.336 e. The van der Waals surface area contributed by atoms with Crippen molar-refractivity contribution >= 4 is 22.7 Å². The number of benzene rings is 1. The highest BCUT2D eigenvalue weighted by molar-refractivity contribution is 6.03. The van der Waals surface area contributed by atoms with E-state index in [-0.39, 0.29) is 5.56 Å². The van der Waals surface area contributed by atoms with Crippen LogP contribution in [-0.4, -0.2) is 47.6 Å². The number of anilines is 1. The van der Waals surface area contributed by atoms with E-state index in [0.717, 1.165) is 0 Å². The molecule has 1 aromatic carbocycles. The number of rotatable bonds is 5. The summed E-state index contributed by atoms with van der Waals surface area (Å²) in [6.07, 6.45) is 0. The summed E-state index contributed by atoms with van der Waals surface area (Å²) in [7, 11) is 4.01. The molecule has 5 nitrogen and oxygen atoms in total. The molecule has 0 aliphatic heterocycles. The zero-order valence-corrected chi connectivity index (χ0v) is 11.9. The molecule has 106 valence electrons. The van der Waals surface area contributed by atoms with E-state index in [9.17, 15) is 9.90 Å². The minimum Gasteiger partial charge on any atom is -0.478 e. The topological polar surface area (TPSA) is 65.5 Å². The number of hydrogen-bond acceptors (Lipinski definition) is 4. The van der Waals surface area contributed by atoms with E-state index in [2.05, 4.69) is 22.1 Å². The molecule has 1 unspecified atom stereocenters. The molecule has 0 saturated carbocycles. The standard InChI is InChI=1S/C15H19N3O2/c1-10(18(2)3)9-16-14-8-12(15(19)20)11-6-4-5-7-13(11)17-14/h4-8,10H,9H2,1-3H3,(H,16,17)(H,19,20). The SMILES string of the molecule is CC(CNc1cc(C(=O)O)c2ccccc2n1)N(C)C. The van der Waals surface area contributed by atoms with Crippen molar-refractivity contribution in [3.05, 3.63) is 35.9 Å². The van der Waals surface area contributed by atoms with Gasteiger partial charge >= 0.3 is 5.97 Å². The zero-order valence-electron chi connectivity index (χ0n) is 11.9. The Morgan fingerprint density at radius 2 is 2.10 bits per heavy atom. The largest absolute Gasteiger partial charge is 0.478 e. The number of aromatic nitrogens is 1. The number of hydrogen-bond donors (Lipinski definition) is 2. The highest BCUT2D eigenvalue weighted by atomic mass is 16.4. The van der Waals surface area contributed by atoms with Crippen molar-refractivity contribution in [2.24, 2.45) is 0 Å². The second-order valence-electron chi connectivity index (χ2n) is 5.07. The van der Waals surface area contributed by atoms with E-state index in [0.29, 0.717) is 29.3 Å². The first-order valence-corrected chi connectivity index (χ1v) is 6.52. The van der Waals surface area contributed by atoms with Gasteiger partial charge in [-0.3, -0.25) is 0 Å². The van der Waals surface area contributed by atoms with E-state index in [4.69, 9.17) is 0 Å². The number of aromatic carboxylic acids is 1. The van der Waals surface area contributed by atoms with E-state index in [1.165, 1.54) is 0 Å². The third kappa shape index (κ3) is 3.05. The second-order valence-corrected chi connectivity index (χ2v) is 5.07. The summed E-state index contributed by atoms with van der Waals surface area (Å²) in [6, 6.07) is 9.19. The number of nitrogens with one attached hydrogen (secondary N) is 1. The average molecular weight is 273 g/mol. The molecule has 1 aromatic heterocycles. The fraction of sp³-hybridized carbons (Fsp3) is 0.333. The van der Waals surface area contributed by atoms with Crippen LogP contribution in [0.1, 0.15) is 17.3 Å². The zero-order chi connectivity index (χ0) is 14.7. The van der Waals surface area contributed by atoms with Crippen LogP contribution in [0.25, 0.3) is 10.9 Å². The molecule has 1 heterocycles. The van der Waals surface area contributed by atoms with Crippen LogP contribution in [0.4, 0.5) is 5.82 Å². The molecule has 2 N–H and O–H groups in total. The first-order chi connectivity index (χ1) is 9.49. The van der Waals surface area contributed by atoms with Gasteiger partial charge in [-0.15, -0.1) is 0 Å². The third-order valence-corrected chi connectivity index (χ3v) is 3.41. The number of carboxylic acid groups (broad SMARTS) is 1. The third-order valence-electron chi connectivity index (χ3n) is 3.41. The quantitative estimate of drug-likeness (QED) is 0.875. The lowest BCUT2D eigenvalue weighted by molar-refractivity contribution is 0.0699. The maximum absolute atomic E-state index is 11.3. The van der Waals surface area contributed by atoms with Crippen molar-refractivity contribution in [3.63, 3.8) is 0 Å². The number of fused-ring (bicyclic) bond motifs is 1. The Morgan fingerprint density at radius 3 is 2.75 bits per heavy atom. The van der Waals surface area contributed by atoms with Crippen LogP contribution < -0.4 is 5.32 Å². The maximum atomic E-state index is 11.3. The molecule has 20 heavy (non-hydrogen) atoms. The lowest BCUT2D eigenvalue weighted by atomic mass is 10.1. The molecular formula is C15H19N3O2. The Morgan fingerprint density at radius 1 is 1.40 bits per heavy atom. The maximum Gasteiger partial charge on any atom is 0.336 e. The predicted molar refractivity (Wildman–Crippen MR) is 80.3 cm³/mol. The van der Waals surface area contributed by atoms with E-state index >= 15 is 0 Å². The van der Waals surface area contributed by atoms with Crippen LogP contribution in [0, 0.1) is 0 Å². The Balaban J connectivity index is 2.33. The van der Waals surface area contributed by atoms with Gasteiger partial charge in [-0.05, 0) is 33.2 Å². The van der Waals surface area contributed by atoms with Crippen molar-refractivity contribution in [2.45, 2.75) is 13.0 Å². The predicted octanol–water partition coefficient (Wildman–Crippen LogP) is 2.29. The van der Waals surface area contributed by atoms with Crippen molar-refractivity contribution < 1.29 is 9.90 Å². The molecule has 0 aliphatic rings. The van der Waals surface area contributed by atoms with Gasteiger partial charge in [0.25, 0.3) is 0 Å². The highest BCUT2D eigenvalue weighted by Gasteiger charge is 2.12. The van der Waals surface area contributed by atoms with Gasteiger partial charge < -0.3 is 15.3 Å². The Hall–Kier alpha value is -2.14. The van der Waals surface area contributed by atoms with Crippen LogP contribution >= 0.6 is 0 Å². The van der Waals surface area contributed by atoms with Gasteiger partial charge in [0.15, 0.2) is 0 Å². The monoisotopic (exact) mass is 273 g/mol. The van der Waals surface area contributed by atoms with Gasteiger partial charge in [0.05, 0.1) is 11.1 Å². The van der Waals surface area contributed by atoms with Crippen molar-refractivity contribution in [1.82, 2.24) is 9.88 Å². The van der Waals surface area contributed by atoms with Gasteiger partial charge in [-0.25, -0.2) is 9.78 Å². The van der Waals surface area contributed by atoms with Crippen molar-refractivity contribution in [1.29, 1.82) is 0 Å². The molecule has 0 saturated heterocycles. The van der Waals surface area contributed by atoms with Crippen LogP contribution in [-0.2, 0) is 0 Å². The molecule has 0 aliphatic carbocycles. The summed E-state index contributed by atoms with van der Waals surface area (Å²) in [5, 5.41) is 13.2. The molecule has 1 atom stereocenters. The fourth-order valence-electron chi connectivity index (χ4n) is 1.88. The molecule has 0 radical (unpaired) electrons. The normalized spacial score (nSPS) is 12.6. The fourth-order valence-corrected chi connectivity index (χ4v) is 1.88. The van der Waals surface area contributed by atoms with E-state index in [1.807, 2.05) is 32.3 Å². The van der Waals surface area contributed by atoms with Crippen LogP contribution in [0.15, 0.2) is 30.3 Å². The second kappa shape index (κ2) is 5.88. The van der Waals surface area contributed by atoms with Crippen LogP contribution in [0.5, 0.6) is 0 Å². The minimum absolute atomic E-state index is 0.274. The van der Waals surface area contributed by atoms with Crippen molar-refractivity contribution in [3.8, 4) is 0 Å². The summed E-state index contributed by atoms with van der Waals surface area (Å²) < 4.78 is 0. The molecule has 0 spiro atoms. The summed E-state index contributed by atoms with van der Waals surface area (Å²) >= 11 is 0. The summed E-state index contributed by atoms with van der Waals surface area (Å²) in [5.74, 6) is -0.345. The van der Waals surface area contributed by atoms with Gasteiger partial charge in [-0.2, -0.15) is 0 Å². The van der Waals surface area contributed by atoms with E-state index < -0.39 is 5.97 Å². The molecule has 2 aromatic rings. The van der Waals surface area contributed by atoms with Crippen LogP contribution in [0.2, 0.25) is 0 Å². The lowest BCUT2D eigenvalue weighted by Crippen LogP contribution is -2.31. The highest BCUT2D eigenvalue weighted by Crippen LogP contribution is 2.20. The van der Waals surface area contributed by atoms with Gasteiger partial charge in [0, 0.05) is 18.0 Å². The van der Waals surface area contributed by atoms with Crippen LogP contribution in [0.3, 0.4) is 0 Å². The Kier molecular flexibility index (Phi) is 4.20. The van der Waals surface area contributed by atoms with Gasteiger partial charge in [0.2, 0.25) is 0 Å². The Labute approximate surface area is 118 Å². The summed E-state index contributed by atoms with van der Waals surface area (Å²) in [6.45, 7) is 2.80. The molecular weight excluding hydrogens is 254 g/mol. The summed E-state index contributed by atoms with van der Waals surface area (Å²) in [4.78, 5) is 17.9. The molecule has 5 heteroatoms. The number of para-hydroxylation sites is 1. The summed E-state index contributed by atoms with van der Waals surface area (Å²) in [5.41, 5.74) is 0.961. The lowest BCUT2D eigenvalue weighted by Gasteiger charge is -2.20. The number of carboxylic acids is 1. The first kappa shape index (κ1) is 14.3. The minimum atomic E-state index is -0.938. The van der Waals surface area contributed by atoms with Gasteiger partial charge in [0.1, 0.15) is 5.82 Å². The average Bonchev–Trinajstić information content (AvgIpc) is 2.43. The molecule has 0 bridgehead atoms. The van der Waals surface area contributed by atoms with Crippen molar-refractivity contribution in [2.75, 3.05) is 26.0 Å². The number of nitrogens with zero attached hydrogens (tertiary/aromatic N) is 2. The number of pyridine rings is 1. The number of likely N-dealkylation sites (N-methyl/N-ethyl adjacent to an activating group) is 1. The molecule has 0 amide bonds.